The first kappa shape index (κ1) is 9.57. The summed E-state index contributed by atoms with van der Waals surface area (Å²) in [4.78, 5) is 13.8. The Morgan fingerprint density at radius 3 is 2.62 bits per heavy atom. The van der Waals surface area contributed by atoms with E-state index in [0.29, 0.717) is 6.92 Å². The SMILES string of the molecule is CC(F)(F)c1cccnc1C(=O)O. The summed E-state index contributed by atoms with van der Waals surface area (Å²) in [6.45, 7) is 0.635. The van der Waals surface area contributed by atoms with Gasteiger partial charge < -0.3 is 5.11 Å². The third kappa shape index (κ3) is 1.99. The van der Waals surface area contributed by atoms with Gasteiger partial charge in [0, 0.05) is 13.1 Å². The van der Waals surface area contributed by atoms with Gasteiger partial charge in [0.25, 0.3) is 5.92 Å². The molecule has 1 aromatic rings. The summed E-state index contributed by atoms with van der Waals surface area (Å²) >= 11 is 0. The number of aromatic nitrogens is 1. The highest BCUT2D eigenvalue weighted by Crippen LogP contribution is 2.28. The molecule has 0 saturated heterocycles. The van der Waals surface area contributed by atoms with Crippen molar-refractivity contribution in [1.29, 1.82) is 0 Å². The third-order valence-electron chi connectivity index (χ3n) is 1.48. The van der Waals surface area contributed by atoms with Crippen molar-refractivity contribution < 1.29 is 18.7 Å². The van der Waals surface area contributed by atoms with Gasteiger partial charge in [0.1, 0.15) is 0 Å². The van der Waals surface area contributed by atoms with Crippen molar-refractivity contribution >= 4 is 5.97 Å². The van der Waals surface area contributed by atoms with Crippen LogP contribution in [0.25, 0.3) is 0 Å². The zero-order chi connectivity index (χ0) is 10.1. The van der Waals surface area contributed by atoms with Crippen molar-refractivity contribution in [3.05, 3.63) is 29.6 Å². The topological polar surface area (TPSA) is 50.2 Å². The van der Waals surface area contributed by atoms with Gasteiger partial charge in [-0.15, -0.1) is 0 Å². The molecule has 0 aromatic carbocycles. The third-order valence-corrected chi connectivity index (χ3v) is 1.48. The molecule has 70 valence electrons. The quantitative estimate of drug-likeness (QED) is 0.769. The molecule has 1 N–H and O–H groups in total. The monoisotopic (exact) mass is 187 g/mol. The number of carboxylic acids is 1. The maximum Gasteiger partial charge on any atom is 0.355 e. The van der Waals surface area contributed by atoms with Gasteiger partial charge in [-0.3, -0.25) is 0 Å². The van der Waals surface area contributed by atoms with Gasteiger partial charge in [-0.05, 0) is 12.1 Å². The molecular weight excluding hydrogens is 180 g/mol. The Morgan fingerprint density at radius 2 is 2.23 bits per heavy atom. The van der Waals surface area contributed by atoms with E-state index in [4.69, 9.17) is 5.11 Å². The molecule has 0 amide bonds. The van der Waals surface area contributed by atoms with Crippen LogP contribution < -0.4 is 0 Å². The Labute approximate surface area is 73.0 Å². The summed E-state index contributed by atoms with van der Waals surface area (Å²) < 4.78 is 25.5. The molecule has 0 fully saturated rings. The highest BCUT2D eigenvalue weighted by Gasteiger charge is 2.30. The van der Waals surface area contributed by atoms with Crippen molar-refractivity contribution in [2.24, 2.45) is 0 Å². The number of rotatable bonds is 2. The van der Waals surface area contributed by atoms with E-state index in [1.165, 1.54) is 12.3 Å². The first-order valence-corrected chi connectivity index (χ1v) is 3.49. The average molecular weight is 187 g/mol. The van der Waals surface area contributed by atoms with Crippen LogP contribution in [0.5, 0.6) is 0 Å². The van der Waals surface area contributed by atoms with Crippen LogP contribution in [0.3, 0.4) is 0 Å². The number of pyridine rings is 1. The van der Waals surface area contributed by atoms with Crippen molar-refractivity contribution in [1.82, 2.24) is 4.98 Å². The molecule has 1 heterocycles. The van der Waals surface area contributed by atoms with E-state index in [1.54, 1.807) is 0 Å². The minimum absolute atomic E-state index is 0.567. The van der Waals surface area contributed by atoms with Crippen LogP contribution in [0.4, 0.5) is 8.78 Å². The lowest BCUT2D eigenvalue weighted by Gasteiger charge is -2.11. The van der Waals surface area contributed by atoms with E-state index in [-0.39, 0.29) is 0 Å². The minimum atomic E-state index is -3.18. The number of halogens is 2. The Hall–Kier alpha value is -1.52. The predicted octanol–water partition coefficient (Wildman–Crippen LogP) is 1.89. The number of hydrogen-bond acceptors (Lipinski definition) is 2. The summed E-state index contributed by atoms with van der Waals surface area (Å²) in [5, 5.41) is 8.53. The highest BCUT2D eigenvalue weighted by atomic mass is 19.3. The summed E-state index contributed by atoms with van der Waals surface area (Å²) in [5.41, 5.74) is -1.17. The van der Waals surface area contributed by atoms with Crippen molar-refractivity contribution in [2.75, 3.05) is 0 Å². The summed E-state index contributed by atoms with van der Waals surface area (Å²) in [7, 11) is 0. The molecule has 1 rings (SSSR count). The first-order valence-electron chi connectivity index (χ1n) is 3.49. The molecule has 0 aliphatic rings. The maximum absolute atomic E-state index is 12.8. The Balaban J connectivity index is 3.28. The second-order valence-electron chi connectivity index (χ2n) is 2.59. The summed E-state index contributed by atoms with van der Waals surface area (Å²) in [5.74, 6) is -4.63. The van der Waals surface area contributed by atoms with E-state index >= 15 is 0 Å². The number of carbonyl (C=O) groups is 1. The van der Waals surface area contributed by atoms with Gasteiger partial charge in [0.15, 0.2) is 5.69 Å². The van der Waals surface area contributed by atoms with Crippen LogP contribution >= 0.6 is 0 Å². The minimum Gasteiger partial charge on any atom is -0.476 e. The number of nitrogens with zero attached hydrogens (tertiary/aromatic N) is 1. The fourth-order valence-corrected chi connectivity index (χ4v) is 0.930. The van der Waals surface area contributed by atoms with Crippen molar-refractivity contribution in [3.63, 3.8) is 0 Å². The standard InChI is InChI=1S/C8H7F2NO2/c1-8(9,10)5-3-2-4-11-6(5)7(12)13/h2-4H,1H3,(H,12,13). The largest absolute Gasteiger partial charge is 0.476 e. The first-order chi connectivity index (χ1) is 5.93. The van der Waals surface area contributed by atoms with Crippen LogP contribution in [0.1, 0.15) is 23.0 Å². The van der Waals surface area contributed by atoms with Gasteiger partial charge in [-0.2, -0.15) is 0 Å². The molecule has 0 bridgehead atoms. The van der Waals surface area contributed by atoms with Crippen LogP contribution in [0, 0.1) is 0 Å². The van der Waals surface area contributed by atoms with Gasteiger partial charge in [-0.25, -0.2) is 18.6 Å². The smallest absolute Gasteiger partial charge is 0.355 e. The van der Waals surface area contributed by atoms with Crippen molar-refractivity contribution in [3.8, 4) is 0 Å². The molecule has 3 nitrogen and oxygen atoms in total. The molecule has 13 heavy (non-hydrogen) atoms. The van der Waals surface area contributed by atoms with E-state index in [9.17, 15) is 13.6 Å². The lowest BCUT2D eigenvalue weighted by Crippen LogP contribution is -2.15. The zero-order valence-corrected chi connectivity index (χ0v) is 6.79. The molecular formula is C8H7F2NO2. The van der Waals surface area contributed by atoms with E-state index in [2.05, 4.69) is 4.98 Å². The Morgan fingerprint density at radius 1 is 1.62 bits per heavy atom. The molecule has 5 heteroatoms. The van der Waals surface area contributed by atoms with E-state index in [1.807, 2.05) is 0 Å². The van der Waals surface area contributed by atoms with Crippen LogP contribution in [0.2, 0.25) is 0 Å². The molecule has 0 unspecified atom stereocenters. The van der Waals surface area contributed by atoms with Crippen LogP contribution in [-0.2, 0) is 5.92 Å². The molecule has 1 aromatic heterocycles. The van der Waals surface area contributed by atoms with E-state index < -0.39 is 23.1 Å². The fourth-order valence-electron chi connectivity index (χ4n) is 0.930. The number of aromatic carboxylic acids is 1. The molecule has 0 saturated carbocycles. The number of carboxylic acid groups (broad SMARTS) is 1. The van der Waals surface area contributed by atoms with Gasteiger partial charge in [0.05, 0.1) is 5.56 Å². The van der Waals surface area contributed by atoms with Crippen molar-refractivity contribution in [2.45, 2.75) is 12.8 Å². The maximum atomic E-state index is 12.8. The molecule has 0 aliphatic carbocycles. The summed E-state index contributed by atoms with van der Waals surface area (Å²) in [6, 6.07) is 2.33. The Kier molecular flexibility index (Phi) is 2.27. The van der Waals surface area contributed by atoms with Gasteiger partial charge in [0.2, 0.25) is 0 Å². The van der Waals surface area contributed by atoms with Gasteiger partial charge >= 0.3 is 5.97 Å². The normalized spacial score (nSPS) is 11.3. The van der Waals surface area contributed by atoms with Crippen LogP contribution in [0.15, 0.2) is 18.3 Å². The number of hydrogen-bond donors (Lipinski definition) is 1. The highest BCUT2D eigenvalue weighted by molar-refractivity contribution is 5.87. The molecule has 0 atom stereocenters. The summed E-state index contributed by atoms with van der Waals surface area (Å²) in [6.07, 6.45) is 1.17. The average Bonchev–Trinajstić information content (AvgIpc) is 2.03. The van der Waals surface area contributed by atoms with E-state index in [0.717, 1.165) is 6.07 Å². The second-order valence-corrected chi connectivity index (χ2v) is 2.59. The lowest BCUT2D eigenvalue weighted by molar-refractivity contribution is 0.0148. The Bertz CT molecular complexity index is 333. The van der Waals surface area contributed by atoms with Gasteiger partial charge in [-0.1, -0.05) is 0 Å². The fraction of sp³-hybridized carbons (Fsp3) is 0.250. The molecule has 0 spiro atoms. The molecule has 0 aliphatic heterocycles. The predicted molar refractivity (Wildman–Crippen MR) is 40.8 cm³/mol. The van der Waals surface area contributed by atoms with Crippen LogP contribution in [-0.4, -0.2) is 16.1 Å². The number of alkyl halides is 2. The molecule has 0 radical (unpaired) electrons. The second kappa shape index (κ2) is 3.08. The zero-order valence-electron chi connectivity index (χ0n) is 6.79. The lowest BCUT2D eigenvalue weighted by atomic mass is 10.1.